The molecule has 0 heterocycles. The minimum absolute atomic E-state index is 0.0218. The Kier molecular flexibility index (Phi) is 4.04. The van der Waals surface area contributed by atoms with Gasteiger partial charge in [-0.05, 0) is 30.4 Å². The molecule has 1 aromatic carbocycles. The summed E-state index contributed by atoms with van der Waals surface area (Å²) in [5.74, 6) is -0.907. The van der Waals surface area contributed by atoms with E-state index in [1.165, 1.54) is 5.56 Å². The van der Waals surface area contributed by atoms with E-state index in [2.05, 4.69) is 11.4 Å². The summed E-state index contributed by atoms with van der Waals surface area (Å²) in [7, 11) is 0. The molecule has 1 aliphatic carbocycles. The molecule has 0 fully saturated rings. The molecule has 1 aromatic rings. The van der Waals surface area contributed by atoms with Gasteiger partial charge >= 0.3 is 12.0 Å². The van der Waals surface area contributed by atoms with Crippen LogP contribution in [0.4, 0.5) is 4.79 Å². The van der Waals surface area contributed by atoms with Crippen molar-refractivity contribution in [1.29, 1.82) is 0 Å². The van der Waals surface area contributed by atoms with E-state index in [-0.39, 0.29) is 12.3 Å². The standard InChI is InChI=1S/C14H18N2O3/c15-14(19)16-12(8-13(17)18)11-7-3-5-9-4-1-2-6-10(9)11/h1-2,4,6,11-12H,3,5,7-8H2,(H,17,18)(H3,15,16,19). The molecule has 0 aromatic heterocycles. The first-order valence-electron chi connectivity index (χ1n) is 6.43. The average Bonchev–Trinajstić information content (AvgIpc) is 2.36. The molecule has 5 heteroatoms. The lowest BCUT2D eigenvalue weighted by atomic mass is 9.78. The first-order valence-corrected chi connectivity index (χ1v) is 6.43. The van der Waals surface area contributed by atoms with Crippen molar-refractivity contribution in [2.75, 3.05) is 0 Å². The predicted molar refractivity (Wildman–Crippen MR) is 70.9 cm³/mol. The van der Waals surface area contributed by atoms with Crippen molar-refractivity contribution in [3.8, 4) is 0 Å². The fraction of sp³-hybridized carbons (Fsp3) is 0.429. The number of carboxylic acids is 1. The number of carbonyl (C=O) groups is 2. The van der Waals surface area contributed by atoms with Crippen LogP contribution in [0.15, 0.2) is 24.3 Å². The lowest BCUT2D eigenvalue weighted by Gasteiger charge is -2.31. The van der Waals surface area contributed by atoms with E-state index in [9.17, 15) is 9.59 Å². The first kappa shape index (κ1) is 13.4. The van der Waals surface area contributed by atoms with Crippen molar-refractivity contribution in [3.05, 3.63) is 35.4 Å². The van der Waals surface area contributed by atoms with Gasteiger partial charge in [-0.3, -0.25) is 4.79 Å². The third-order valence-corrected chi connectivity index (χ3v) is 3.62. The van der Waals surface area contributed by atoms with Gasteiger partial charge in [-0.2, -0.15) is 0 Å². The van der Waals surface area contributed by atoms with Crippen LogP contribution in [0.1, 0.15) is 36.3 Å². The highest BCUT2D eigenvalue weighted by molar-refractivity contribution is 5.74. The zero-order valence-electron chi connectivity index (χ0n) is 10.6. The number of carboxylic acid groups (broad SMARTS) is 1. The van der Waals surface area contributed by atoms with Gasteiger partial charge in [-0.15, -0.1) is 0 Å². The second kappa shape index (κ2) is 5.73. The highest BCUT2D eigenvalue weighted by Crippen LogP contribution is 2.34. The molecule has 1 aliphatic rings. The predicted octanol–water partition coefficient (Wildman–Crippen LogP) is 1.62. The highest BCUT2D eigenvalue weighted by atomic mass is 16.4. The van der Waals surface area contributed by atoms with Crippen molar-refractivity contribution >= 4 is 12.0 Å². The number of fused-ring (bicyclic) bond motifs is 1. The molecular weight excluding hydrogens is 244 g/mol. The number of benzene rings is 1. The lowest BCUT2D eigenvalue weighted by Crippen LogP contribution is -2.44. The highest BCUT2D eigenvalue weighted by Gasteiger charge is 2.30. The van der Waals surface area contributed by atoms with E-state index in [1.54, 1.807) is 0 Å². The molecule has 2 atom stereocenters. The molecule has 0 aliphatic heterocycles. The summed E-state index contributed by atoms with van der Waals surface area (Å²) < 4.78 is 0. The van der Waals surface area contributed by atoms with Crippen molar-refractivity contribution < 1.29 is 14.7 Å². The van der Waals surface area contributed by atoms with Gasteiger partial charge in [0.1, 0.15) is 0 Å². The third kappa shape index (κ3) is 3.24. The molecule has 0 radical (unpaired) electrons. The van der Waals surface area contributed by atoms with Crippen LogP contribution >= 0.6 is 0 Å². The van der Waals surface area contributed by atoms with E-state index < -0.39 is 18.0 Å². The third-order valence-electron chi connectivity index (χ3n) is 3.62. The molecule has 19 heavy (non-hydrogen) atoms. The Bertz CT molecular complexity index is 471. The number of urea groups is 1. The number of aliphatic carboxylic acids is 1. The number of nitrogens with two attached hydrogens (primary N) is 1. The number of aryl methyl sites for hydroxylation is 1. The second-order valence-corrected chi connectivity index (χ2v) is 4.91. The molecule has 2 amide bonds. The molecule has 0 spiro atoms. The molecule has 0 bridgehead atoms. The largest absolute Gasteiger partial charge is 0.481 e. The van der Waals surface area contributed by atoms with Crippen LogP contribution in [0.5, 0.6) is 0 Å². The summed E-state index contributed by atoms with van der Waals surface area (Å²) >= 11 is 0. The molecule has 0 saturated heterocycles. The second-order valence-electron chi connectivity index (χ2n) is 4.91. The maximum Gasteiger partial charge on any atom is 0.312 e. The van der Waals surface area contributed by atoms with Crippen molar-refractivity contribution in [2.24, 2.45) is 5.73 Å². The van der Waals surface area contributed by atoms with Crippen LogP contribution in [0.25, 0.3) is 0 Å². The van der Waals surface area contributed by atoms with Gasteiger partial charge in [-0.1, -0.05) is 24.3 Å². The maximum atomic E-state index is 11.1. The first-order chi connectivity index (χ1) is 9.08. The van der Waals surface area contributed by atoms with E-state index in [0.717, 1.165) is 24.8 Å². The Balaban J connectivity index is 2.26. The number of carbonyl (C=O) groups excluding carboxylic acids is 1. The maximum absolute atomic E-state index is 11.1. The van der Waals surface area contributed by atoms with Crippen molar-refractivity contribution in [1.82, 2.24) is 5.32 Å². The zero-order valence-corrected chi connectivity index (χ0v) is 10.6. The van der Waals surface area contributed by atoms with Crippen molar-refractivity contribution in [3.63, 3.8) is 0 Å². The van der Waals surface area contributed by atoms with Gasteiger partial charge in [0, 0.05) is 12.0 Å². The summed E-state index contributed by atoms with van der Waals surface area (Å²) in [5, 5.41) is 11.6. The monoisotopic (exact) mass is 262 g/mol. The molecule has 102 valence electrons. The minimum atomic E-state index is -0.929. The lowest BCUT2D eigenvalue weighted by molar-refractivity contribution is -0.137. The van der Waals surface area contributed by atoms with Gasteiger partial charge in [0.25, 0.3) is 0 Å². The summed E-state index contributed by atoms with van der Waals surface area (Å²) in [6.07, 6.45) is 2.76. The van der Waals surface area contributed by atoms with Crippen LogP contribution < -0.4 is 11.1 Å². The molecule has 4 N–H and O–H groups in total. The van der Waals surface area contributed by atoms with Crippen LogP contribution in [0.2, 0.25) is 0 Å². The van der Waals surface area contributed by atoms with Gasteiger partial charge in [0.05, 0.1) is 6.42 Å². The van der Waals surface area contributed by atoms with Crippen LogP contribution in [0, 0.1) is 0 Å². The van der Waals surface area contributed by atoms with Crippen molar-refractivity contribution in [2.45, 2.75) is 37.6 Å². The Morgan fingerprint density at radius 3 is 2.84 bits per heavy atom. The van der Waals surface area contributed by atoms with E-state index in [4.69, 9.17) is 10.8 Å². The van der Waals surface area contributed by atoms with E-state index in [0.29, 0.717) is 0 Å². The van der Waals surface area contributed by atoms with Crippen LogP contribution in [0.3, 0.4) is 0 Å². The minimum Gasteiger partial charge on any atom is -0.481 e. The average molecular weight is 262 g/mol. The van der Waals surface area contributed by atoms with Crippen LogP contribution in [-0.2, 0) is 11.2 Å². The fourth-order valence-corrected chi connectivity index (χ4v) is 2.87. The van der Waals surface area contributed by atoms with E-state index in [1.807, 2.05) is 18.2 Å². The number of hydrogen-bond acceptors (Lipinski definition) is 2. The zero-order chi connectivity index (χ0) is 13.8. The summed E-state index contributed by atoms with van der Waals surface area (Å²) in [5.41, 5.74) is 7.52. The summed E-state index contributed by atoms with van der Waals surface area (Å²) in [6.45, 7) is 0. The smallest absolute Gasteiger partial charge is 0.312 e. The number of amides is 2. The molecule has 0 saturated carbocycles. The molecular formula is C14H18N2O3. The quantitative estimate of drug-likeness (QED) is 0.769. The number of nitrogens with one attached hydrogen (secondary N) is 1. The van der Waals surface area contributed by atoms with Gasteiger partial charge < -0.3 is 16.2 Å². The Hall–Kier alpha value is -2.04. The van der Waals surface area contributed by atoms with Gasteiger partial charge in [-0.25, -0.2) is 4.79 Å². The van der Waals surface area contributed by atoms with Crippen LogP contribution in [-0.4, -0.2) is 23.1 Å². The SMILES string of the molecule is NC(=O)NC(CC(=O)O)C1CCCc2ccccc21. The fourth-order valence-electron chi connectivity index (χ4n) is 2.87. The Labute approximate surface area is 111 Å². The Morgan fingerprint density at radius 2 is 2.16 bits per heavy atom. The molecule has 2 unspecified atom stereocenters. The van der Waals surface area contributed by atoms with E-state index >= 15 is 0 Å². The number of hydrogen-bond donors (Lipinski definition) is 3. The number of primary amides is 1. The Morgan fingerprint density at radius 1 is 1.42 bits per heavy atom. The molecule has 2 rings (SSSR count). The van der Waals surface area contributed by atoms with Gasteiger partial charge in [0.15, 0.2) is 0 Å². The number of rotatable bonds is 4. The summed E-state index contributed by atoms with van der Waals surface area (Å²) in [4.78, 5) is 22.0. The van der Waals surface area contributed by atoms with Gasteiger partial charge in [0.2, 0.25) is 0 Å². The molecule has 5 nitrogen and oxygen atoms in total. The normalized spacial score (nSPS) is 19.3. The summed E-state index contributed by atoms with van der Waals surface area (Å²) in [6, 6.07) is 6.87. The topological polar surface area (TPSA) is 92.4 Å².